The van der Waals surface area contributed by atoms with Crippen LogP contribution >= 0.6 is 12.2 Å². The molecule has 2 N–H and O–H groups in total. The van der Waals surface area contributed by atoms with Gasteiger partial charge in [0.15, 0.2) is 0 Å². The van der Waals surface area contributed by atoms with Crippen molar-refractivity contribution < 1.29 is 9.13 Å². The predicted octanol–water partition coefficient (Wildman–Crippen LogP) is 1.69. The van der Waals surface area contributed by atoms with Crippen LogP contribution in [-0.4, -0.2) is 30.8 Å². The lowest BCUT2D eigenvalue weighted by molar-refractivity contribution is 0.0532. The molecule has 1 aliphatic rings. The molecule has 3 nitrogen and oxygen atoms in total. The molecule has 1 unspecified atom stereocenters. The third-order valence-corrected chi connectivity index (χ3v) is 3.02. The van der Waals surface area contributed by atoms with Crippen LogP contribution in [0, 0.1) is 5.82 Å². The number of ether oxygens (including phenoxy) is 1. The molecular formula is C12H15FN2OS. The maximum atomic E-state index is 13.7. The summed E-state index contributed by atoms with van der Waals surface area (Å²) in [6, 6.07) is 4.89. The molecule has 17 heavy (non-hydrogen) atoms. The average molecular weight is 254 g/mol. The summed E-state index contributed by atoms with van der Waals surface area (Å²) in [5.74, 6) is -0.367. The van der Waals surface area contributed by atoms with Crippen LogP contribution in [0.4, 0.5) is 10.1 Å². The third-order valence-electron chi connectivity index (χ3n) is 2.82. The fourth-order valence-electron chi connectivity index (χ4n) is 2.06. The smallest absolute Gasteiger partial charge is 0.135 e. The number of anilines is 1. The number of rotatable bonds is 2. The minimum Gasteiger partial charge on any atom is -0.389 e. The van der Waals surface area contributed by atoms with Crippen LogP contribution in [-0.2, 0) is 4.74 Å². The summed E-state index contributed by atoms with van der Waals surface area (Å²) in [6.07, 6.45) is 0.131. The number of hydrogen-bond donors (Lipinski definition) is 1. The lowest BCUT2D eigenvalue weighted by atomic mass is 10.1. The molecule has 0 amide bonds. The lowest BCUT2D eigenvalue weighted by Crippen LogP contribution is -2.42. The van der Waals surface area contributed by atoms with E-state index in [9.17, 15) is 4.39 Å². The van der Waals surface area contributed by atoms with E-state index in [1.807, 2.05) is 13.0 Å². The standard InChI is InChI=1S/C12H15FN2OS/c1-8-7-15(5-6-16-8)10-4-2-3-9(13)11(10)12(14)17/h2-4,8H,5-7H2,1H3,(H2,14,17). The summed E-state index contributed by atoms with van der Waals surface area (Å²) < 4.78 is 19.2. The van der Waals surface area contributed by atoms with Crippen molar-refractivity contribution in [3.63, 3.8) is 0 Å². The van der Waals surface area contributed by atoms with E-state index in [0.717, 1.165) is 18.8 Å². The number of hydrogen-bond acceptors (Lipinski definition) is 3. The normalized spacial score (nSPS) is 20.4. The second-order valence-electron chi connectivity index (χ2n) is 4.13. The van der Waals surface area contributed by atoms with Gasteiger partial charge in [-0.05, 0) is 19.1 Å². The van der Waals surface area contributed by atoms with E-state index in [2.05, 4.69) is 4.90 Å². The zero-order valence-corrected chi connectivity index (χ0v) is 10.5. The summed E-state index contributed by atoms with van der Waals surface area (Å²) in [6.45, 7) is 4.07. The Morgan fingerprint density at radius 2 is 2.35 bits per heavy atom. The summed E-state index contributed by atoms with van der Waals surface area (Å²) in [7, 11) is 0. The minimum atomic E-state index is -0.367. The van der Waals surface area contributed by atoms with Crippen molar-refractivity contribution in [1.29, 1.82) is 0 Å². The molecule has 1 saturated heterocycles. The van der Waals surface area contributed by atoms with Gasteiger partial charge in [-0.1, -0.05) is 18.3 Å². The van der Waals surface area contributed by atoms with E-state index in [0.29, 0.717) is 12.2 Å². The first-order valence-corrected chi connectivity index (χ1v) is 5.95. The fourth-order valence-corrected chi connectivity index (χ4v) is 2.26. The maximum absolute atomic E-state index is 13.7. The van der Waals surface area contributed by atoms with Crippen LogP contribution < -0.4 is 10.6 Å². The number of morpholine rings is 1. The SMILES string of the molecule is CC1CN(c2cccc(F)c2C(N)=S)CCO1. The molecular weight excluding hydrogens is 239 g/mol. The van der Waals surface area contributed by atoms with E-state index in [4.69, 9.17) is 22.7 Å². The molecule has 1 aliphatic heterocycles. The number of benzene rings is 1. The van der Waals surface area contributed by atoms with E-state index < -0.39 is 0 Å². The van der Waals surface area contributed by atoms with Crippen molar-refractivity contribution in [2.45, 2.75) is 13.0 Å². The summed E-state index contributed by atoms with van der Waals surface area (Å²) in [5.41, 5.74) is 6.68. The highest BCUT2D eigenvalue weighted by atomic mass is 32.1. The molecule has 1 aromatic rings. The Hall–Kier alpha value is -1.20. The second kappa shape index (κ2) is 4.98. The predicted molar refractivity (Wildman–Crippen MR) is 69.9 cm³/mol. The monoisotopic (exact) mass is 254 g/mol. The van der Waals surface area contributed by atoms with E-state index in [-0.39, 0.29) is 16.9 Å². The molecule has 1 fully saturated rings. The Bertz CT molecular complexity index is 439. The first-order chi connectivity index (χ1) is 8.09. The summed E-state index contributed by atoms with van der Waals surface area (Å²) in [5, 5.41) is 0. The highest BCUT2D eigenvalue weighted by molar-refractivity contribution is 7.80. The topological polar surface area (TPSA) is 38.5 Å². The van der Waals surface area contributed by atoms with Gasteiger partial charge < -0.3 is 15.4 Å². The molecule has 92 valence electrons. The number of thiocarbonyl (C=S) groups is 1. The molecule has 1 heterocycles. The summed E-state index contributed by atoms with van der Waals surface area (Å²) >= 11 is 4.92. The zero-order chi connectivity index (χ0) is 12.4. The minimum absolute atomic E-state index is 0.0947. The number of halogens is 1. The lowest BCUT2D eigenvalue weighted by Gasteiger charge is -2.34. The molecule has 0 spiro atoms. The van der Waals surface area contributed by atoms with Crippen molar-refractivity contribution in [2.75, 3.05) is 24.6 Å². The van der Waals surface area contributed by atoms with Crippen molar-refractivity contribution in [3.8, 4) is 0 Å². The zero-order valence-electron chi connectivity index (χ0n) is 9.65. The van der Waals surface area contributed by atoms with Gasteiger partial charge in [0.2, 0.25) is 0 Å². The molecule has 0 aromatic heterocycles. The van der Waals surface area contributed by atoms with Gasteiger partial charge in [0.05, 0.1) is 24.0 Å². The van der Waals surface area contributed by atoms with Crippen molar-refractivity contribution in [1.82, 2.24) is 0 Å². The number of nitrogens with two attached hydrogens (primary N) is 1. The summed E-state index contributed by atoms with van der Waals surface area (Å²) in [4.78, 5) is 2.16. The second-order valence-corrected chi connectivity index (χ2v) is 4.57. The molecule has 0 bridgehead atoms. The van der Waals surface area contributed by atoms with Gasteiger partial charge in [-0.15, -0.1) is 0 Å². The van der Waals surface area contributed by atoms with Gasteiger partial charge in [-0.3, -0.25) is 0 Å². The highest BCUT2D eigenvalue weighted by Gasteiger charge is 2.21. The van der Waals surface area contributed by atoms with E-state index in [1.54, 1.807) is 6.07 Å². The van der Waals surface area contributed by atoms with Crippen LogP contribution in [0.2, 0.25) is 0 Å². The van der Waals surface area contributed by atoms with Crippen LogP contribution in [0.3, 0.4) is 0 Å². The first kappa shape index (κ1) is 12.3. The quantitative estimate of drug-likeness (QED) is 0.815. The van der Waals surface area contributed by atoms with Gasteiger partial charge in [-0.2, -0.15) is 0 Å². The van der Waals surface area contributed by atoms with Crippen LogP contribution in [0.15, 0.2) is 18.2 Å². The molecule has 2 rings (SSSR count). The third kappa shape index (κ3) is 2.56. The van der Waals surface area contributed by atoms with Crippen molar-refractivity contribution >= 4 is 22.9 Å². The molecule has 5 heteroatoms. The molecule has 1 atom stereocenters. The van der Waals surface area contributed by atoms with Crippen molar-refractivity contribution in [3.05, 3.63) is 29.6 Å². The van der Waals surface area contributed by atoms with Gasteiger partial charge in [0.25, 0.3) is 0 Å². The largest absolute Gasteiger partial charge is 0.389 e. The molecule has 0 saturated carbocycles. The Kier molecular flexibility index (Phi) is 3.59. The Balaban J connectivity index is 2.37. The van der Waals surface area contributed by atoms with E-state index in [1.165, 1.54) is 6.07 Å². The fraction of sp³-hybridized carbons (Fsp3) is 0.417. The number of nitrogens with zero attached hydrogens (tertiary/aromatic N) is 1. The van der Waals surface area contributed by atoms with Crippen LogP contribution in [0.25, 0.3) is 0 Å². The van der Waals surface area contributed by atoms with E-state index >= 15 is 0 Å². The van der Waals surface area contributed by atoms with Crippen LogP contribution in [0.1, 0.15) is 12.5 Å². The molecule has 0 radical (unpaired) electrons. The van der Waals surface area contributed by atoms with Crippen LogP contribution in [0.5, 0.6) is 0 Å². The maximum Gasteiger partial charge on any atom is 0.135 e. The molecule has 0 aliphatic carbocycles. The average Bonchev–Trinajstić information content (AvgIpc) is 2.28. The Morgan fingerprint density at radius 1 is 1.59 bits per heavy atom. The van der Waals surface area contributed by atoms with Gasteiger partial charge in [0.1, 0.15) is 10.8 Å². The molecule has 1 aromatic carbocycles. The van der Waals surface area contributed by atoms with Gasteiger partial charge in [0, 0.05) is 13.1 Å². The van der Waals surface area contributed by atoms with Gasteiger partial charge in [-0.25, -0.2) is 4.39 Å². The van der Waals surface area contributed by atoms with Gasteiger partial charge >= 0.3 is 0 Å². The Labute approximate surface area is 105 Å². The Morgan fingerprint density at radius 3 is 3.00 bits per heavy atom. The van der Waals surface area contributed by atoms with Crippen molar-refractivity contribution in [2.24, 2.45) is 5.73 Å². The first-order valence-electron chi connectivity index (χ1n) is 5.54. The highest BCUT2D eigenvalue weighted by Crippen LogP contribution is 2.25.